The van der Waals surface area contributed by atoms with Gasteiger partial charge in [0.05, 0.1) is 17.4 Å². The molecule has 1 saturated heterocycles. The van der Waals surface area contributed by atoms with E-state index < -0.39 is 23.2 Å². The van der Waals surface area contributed by atoms with E-state index in [1.54, 1.807) is 15.8 Å². The number of nitrogens with zero attached hydrogens (tertiary/aromatic N) is 3. The molecule has 0 bridgehead atoms. The van der Waals surface area contributed by atoms with Crippen molar-refractivity contribution in [1.82, 2.24) is 14.5 Å². The van der Waals surface area contributed by atoms with Crippen LogP contribution in [0, 0.1) is 0 Å². The Hall–Kier alpha value is -2.57. The number of fused-ring (bicyclic) bond motifs is 1. The van der Waals surface area contributed by atoms with Gasteiger partial charge >= 0.3 is 12.1 Å². The molecule has 0 radical (unpaired) electrons. The van der Waals surface area contributed by atoms with Crippen LogP contribution in [0.25, 0.3) is 11.0 Å². The Labute approximate surface area is 146 Å². The van der Waals surface area contributed by atoms with Crippen LogP contribution in [0.1, 0.15) is 33.6 Å². The maximum atomic E-state index is 12.2. The molecule has 3 rings (SSSR count). The smallest absolute Gasteiger partial charge is 0.410 e. The van der Waals surface area contributed by atoms with Gasteiger partial charge in [-0.2, -0.15) is 0 Å². The maximum absolute atomic E-state index is 12.2. The molecule has 134 valence electrons. The molecular weight excluding hydrogens is 322 g/mol. The van der Waals surface area contributed by atoms with Crippen LogP contribution in [-0.2, 0) is 15.1 Å². The molecule has 0 atom stereocenters. The molecule has 2 heterocycles. The summed E-state index contributed by atoms with van der Waals surface area (Å²) in [5.41, 5.74) is -0.124. The van der Waals surface area contributed by atoms with Gasteiger partial charge in [-0.3, -0.25) is 0 Å². The molecule has 0 spiro atoms. The second kappa shape index (κ2) is 6.06. The average molecular weight is 345 g/mol. The SMILES string of the molecule is CC(C)(C)OC(=O)N1CCC(C(=O)O)(n2cnc3ccccc32)CC1. The summed E-state index contributed by atoms with van der Waals surface area (Å²) >= 11 is 0. The molecule has 0 aliphatic carbocycles. The van der Waals surface area contributed by atoms with Crippen molar-refractivity contribution in [1.29, 1.82) is 0 Å². The van der Waals surface area contributed by atoms with Crippen LogP contribution in [0.4, 0.5) is 4.79 Å². The predicted molar refractivity (Wildman–Crippen MR) is 92.4 cm³/mol. The van der Waals surface area contributed by atoms with Crippen LogP contribution in [-0.4, -0.2) is 50.3 Å². The zero-order valence-corrected chi connectivity index (χ0v) is 14.7. The molecule has 1 aliphatic heterocycles. The van der Waals surface area contributed by atoms with Crippen molar-refractivity contribution in [2.45, 2.75) is 44.8 Å². The second-order valence-electron chi connectivity index (χ2n) is 7.41. The van der Waals surface area contributed by atoms with Crippen molar-refractivity contribution in [2.75, 3.05) is 13.1 Å². The highest BCUT2D eigenvalue weighted by Gasteiger charge is 2.45. The fraction of sp³-hybridized carbons (Fsp3) is 0.500. The quantitative estimate of drug-likeness (QED) is 0.905. The van der Waals surface area contributed by atoms with Gasteiger partial charge < -0.3 is 19.3 Å². The Morgan fingerprint density at radius 1 is 1.20 bits per heavy atom. The molecule has 7 heteroatoms. The van der Waals surface area contributed by atoms with Gasteiger partial charge in [0.2, 0.25) is 0 Å². The van der Waals surface area contributed by atoms with Crippen LogP contribution in [0.15, 0.2) is 30.6 Å². The van der Waals surface area contributed by atoms with Gasteiger partial charge in [0.25, 0.3) is 0 Å². The van der Waals surface area contributed by atoms with Gasteiger partial charge in [0.1, 0.15) is 11.1 Å². The van der Waals surface area contributed by atoms with E-state index >= 15 is 0 Å². The Kier molecular flexibility index (Phi) is 4.18. The summed E-state index contributed by atoms with van der Waals surface area (Å²) < 4.78 is 7.12. The van der Waals surface area contributed by atoms with Crippen molar-refractivity contribution in [3.05, 3.63) is 30.6 Å². The number of imidazole rings is 1. The summed E-state index contributed by atoms with van der Waals surface area (Å²) in [6, 6.07) is 7.47. The summed E-state index contributed by atoms with van der Waals surface area (Å²) in [6.45, 7) is 6.09. The lowest BCUT2D eigenvalue weighted by Gasteiger charge is -2.40. The van der Waals surface area contributed by atoms with E-state index in [2.05, 4.69) is 4.98 Å². The van der Waals surface area contributed by atoms with E-state index in [0.717, 1.165) is 11.0 Å². The van der Waals surface area contributed by atoms with E-state index in [0.29, 0.717) is 25.9 Å². The number of rotatable bonds is 2. The highest BCUT2D eigenvalue weighted by Crippen LogP contribution is 2.34. The second-order valence-corrected chi connectivity index (χ2v) is 7.41. The number of amides is 1. The fourth-order valence-corrected chi connectivity index (χ4v) is 3.24. The zero-order valence-electron chi connectivity index (χ0n) is 14.7. The Morgan fingerprint density at radius 2 is 1.84 bits per heavy atom. The topological polar surface area (TPSA) is 84.7 Å². The first-order valence-electron chi connectivity index (χ1n) is 8.37. The van der Waals surface area contributed by atoms with Gasteiger partial charge in [0, 0.05) is 13.1 Å². The highest BCUT2D eigenvalue weighted by atomic mass is 16.6. The number of likely N-dealkylation sites (tertiary alicyclic amines) is 1. The number of carbonyl (C=O) groups excluding carboxylic acids is 1. The molecule has 1 aromatic heterocycles. The van der Waals surface area contributed by atoms with Crippen LogP contribution in [0.5, 0.6) is 0 Å². The summed E-state index contributed by atoms with van der Waals surface area (Å²) in [7, 11) is 0. The van der Waals surface area contributed by atoms with E-state index in [1.807, 2.05) is 45.0 Å². The van der Waals surface area contributed by atoms with E-state index in [4.69, 9.17) is 4.74 Å². The van der Waals surface area contributed by atoms with Crippen LogP contribution < -0.4 is 0 Å². The zero-order chi connectivity index (χ0) is 18.2. The minimum Gasteiger partial charge on any atom is -0.479 e. The lowest BCUT2D eigenvalue weighted by atomic mass is 9.87. The minimum absolute atomic E-state index is 0.307. The van der Waals surface area contributed by atoms with Crippen molar-refractivity contribution >= 4 is 23.1 Å². The number of carbonyl (C=O) groups is 2. The first kappa shape index (κ1) is 17.3. The van der Waals surface area contributed by atoms with Gasteiger partial charge in [0.15, 0.2) is 0 Å². The van der Waals surface area contributed by atoms with Gasteiger partial charge in [-0.1, -0.05) is 12.1 Å². The minimum atomic E-state index is -1.10. The van der Waals surface area contributed by atoms with Crippen LogP contribution >= 0.6 is 0 Å². The molecule has 7 nitrogen and oxygen atoms in total. The average Bonchev–Trinajstić information content (AvgIpc) is 2.97. The molecular formula is C18H23N3O4. The van der Waals surface area contributed by atoms with Crippen molar-refractivity contribution in [3.8, 4) is 0 Å². The first-order valence-corrected chi connectivity index (χ1v) is 8.37. The lowest BCUT2D eigenvalue weighted by Crippen LogP contribution is -2.52. The molecule has 1 amide bonds. The lowest BCUT2D eigenvalue weighted by molar-refractivity contribution is -0.150. The molecule has 2 aromatic rings. The number of benzene rings is 1. The van der Waals surface area contributed by atoms with E-state index in [-0.39, 0.29) is 0 Å². The Morgan fingerprint density at radius 3 is 2.44 bits per heavy atom. The van der Waals surface area contributed by atoms with Crippen molar-refractivity contribution in [2.24, 2.45) is 0 Å². The monoisotopic (exact) mass is 345 g/mol. The van der Waals surface area contributed by atoms with Gasteiger partial charge in [-0.05, 0) is 45.7 Å². The number of hydrogen-bond acceptors (Lipinski definition) is 4. The van der Waals surface area contributed by atoms with Crippen LogP contribution in [0.2, 0.25) is 0 Å². The number of carboxylic acids is 1. The normalized spacial score (nSPS) is 17.5. The third-order valence-electron chi connectivity index (χ3n) is 4.56. The molecule has 25 heavy (non-hydrogen) atoms. The number of aliphatic carboxylic acids is 1. The molecule has 1 aliphatic rings. The summed E-state index contributed by atoms with van der Waals surface area (Å²) in [5, 5.41) is 9.95. The van der Waals surface area contributed by atoms with Crippen molar-refractivity contribution < 1.29 is 19.4 Å². The number of aromatic nitrogens is 2. The molecule has 1 N–H and O–H groups in total. The summed E-state index contributed by atoms with van der Waals surface area (Å²) in [4.78, 5) is 30.3. The van der Waals surface area contributed by atoms with E-state index in [1.165, 1.54) is 0 Å². The molecule has 0 saturated carbocycles. The number of piperidine rings is 1. The molecule has 1 aromatic carbocycles. The van der Waals surface area contributed by atoms with Gasteiger partial charge in [-0.15, -0.1) is 0 Å². The number of carboxylic acid groups (broad SMARTS) is 1. The number of hydrogen-bond donors (Lipinski definition) is 1. The summed E-state index contributed by atoms with van der Waals surface area (Å²) in [6.07, 6.45) is 1.80. The predicted octanol–water partition coefficient (Wildman–Crippen LogP) is 2.85. The Balaban J connectivity index is 1.85. The summed E-state index contributed by atoms with van der Waals surface area (Å²) in [5.74, 6) is -0.903. The Bertz CT molecular complexity index is 798. The molecule has 1 fully saturated rings. The molecule has 0 unspecified atom stereocenters. The third kappa shape index (κ3) is 3.18. The van der Waals surface area contributed by atoms with Gasteiger partial charge in [-0.25, -0.2) is 14.6 Å². The number of para-hydroxylation sites is 2. The van der Waals surface area contributed by atoms with Crippen LogP contribution in [0.3, 0.4) is 0 Å². The van der Waals surface area contributed by atoms with E-state index in [9.17, 15) is 14.7 Å². The first-order chi connectivity index (χ1) is 11.7. The standard InChI is InChI=1S/C18H23N3O4/c1-17(2,3)25-16(24)20-10-8-18(9-11-20,15(22)23)21-12-19-13-6-4-5-7-14(13)21/h4-7,12H,8-11H2,1-3H3,(H,22,23). The largest absolute Gasteiger partial charge is 0.479 e. The number of ether oxygens (including phenoxy) is 1. The highest BCUT2D eigenvalue weighted by molar-refractivity contribution is 5.83. The fourth-order valence-electron chi connectivity index (χ4n) is 3.24. The van der Waals surface area contributed by atoms with Crippen molar-refractivity contribution in [3.63, 3.8) is 0 Å². The third-order valence-corrected chi connectivity index (χ3v) is 4.56. The maximum Gasteiger partial charge on any atom is 0.410 e.